The summed E-state index contributed by atoms with van der Waals surface area (Å²) in [5.74, 6) is 0. The fourth-order valence-electron chi connectivity index (χ4n) is 2.38. The minimum absolute atomic E-state index is 0.700. The molecule has 6 nitrogen and oxygen atoms in total. The summed E-state index contributed by atoms with van der Waals surface area (Å²) in [5.41, 5.74) is 5.02. The van der Waals surface area contributed by atoms with E-state index in [9.17, 15) is 0 Å². The van der Waals surface area contributed by atoms with Gasteiger partial charge in [0.1, 0.15) is 0 Å². The molecule has 0 saturated carbocycles. The van der Waals surface area contributed by atoms with Gasteiger partial charge in [-0.05, 0) is 25.1 Å². The Morgan fingerprint density at radius 2 is 2.19 bits per heavy atom. The summed E-state index contributed by atoms with van der Waals surface area (Å²) in [6.07, 6.45) is 5.69. The molecular formula is C15H14N6. The van der Waals surface area contributed by atoms with E-state index in [1.54, 1.807) is 0 Å². The van der Waals surface area contributed by atoms with Gasteiger partial charge in [0.2, 0.25) is 0 Å². The molecule has 0 aliphatic carbocycles. The third-order valence-electron chi connectivity index (χ3n) is 3.43. The Kier molecular flexibility index (Phi) is 2.60. The number of aryl methyl sites for hydroxylation is 1. The Hall–Kier alpha value is -2.89. The average Bonchev–Trinajstić information content (AvgIpc) is 3.08. The third-order valence-corrected chi connectivity index (χ3v) is 3.43. The number of nitrogens with zero attached hydrogens (tertiary/aromatic N) is 4. The van der Waals surface area contributed by atoms with Gasteiger partial charge in [-0.15, -0.1) is 0 Å². The van der Waals surface area contributed by atoms with Crippen LogP contribution in [-0.4, -0.2) is 24.8 Å². The summed E-state index contributed by atoms with van der Waals surface area (Å²) in [5, 5.41) is 15.8. The van der Waals surface area contributed by atoms with E-state index in [4.69, 9.17) is 0 Å². The van der Waals surface area contributed by atoms with E-state index in [1.807, 2.05) is 48.2 Å². The van der Waals surface area contributed by atoms with Crippen LogP contribution in [0.3, 0.4) is 0 Å². The number of fused-ring (bicyclic) bond motifs is 2. The van der Waals surface area contributed by atoms with Gasteiger partial charge in [0.05, 0.1) is 17.4 Å². The van der Waals surface area contributed by atoms with Crippen molar-refractivity contribution >= 4 is 22.2 Å². The van der Waals surface area contributed by atoms with Crippen molar-refractivity contribution in [1.82, 2.24) is 24.8 Å². The molecule has 0 aliphatic rings. The number of nitrogens with one attached hydrogen (secondary N) is 2. The second-order valence-electron chi connectivity index (χ2n) is 5.08. The smallest absolute Gasteiger partial charge is 0.155 e. The Bertz CT molecular complexity index is 920. The van der Waals surface area contributed by atoms with Crippen LogP contribution in [-0.2, 0) is 6.54 Å². The Morgan fingerprint density at radius 1 is 1.24 bits per heavy atom. The van der Waals surface area contributed by atoms with Crippen molar-refractivity contribution in [3.05, 3.63) is 54.1 Å². The van der Waals surface area contributed by atoms with Crippen LogP contribution in [0.1, 0.15) is 11.3 Å². The predicted molar refractivity (Wildman–Crippen MR) is 81.1 cm³/mol. The van der Waals surface area contributed by atoms with Gasteiger partial charge in [0.25, 0.3) is 0 Å². The Balaban J connectivity index is 1.56. The lowest BCUT2D eigenvalue weighted by Gasteiger charge is -2.06. The van der Waals surface area contributed by atoms with Gasteiger partial charge in [0, 0.05) is 41.6 Å². The zero-order chi connectivity index (χ0) is 14.2. The third kappa shape index (κ3) is 2.20. The van der Waals surface area contributed by atoms with Crippen LogP contribution in [0.15, 0.2) is 42.9 Å². The topological polar surface area (TPSA) is 70.9 Å². The zero-order valence-electron chi connectivity index (χ0n) is 11.5. The maximum Gasteiger partial charge on any atom is 0.155 e. The number of aromatic nitrogens is 5. The lowest BCUT2D eigenvalue weighted by molar-refractivity contribution is 0.895. The highest BCUT2D eigenvalue weighted by molar-refractivity contribution is 5.81. The Labute approximate surface area is 120 Å². The van der Waals surface area contributed by atoms with E-state index >= 15 is 0 Å². The van der Waals surface area contributed by atoms with Crippen molar-refractivity contribution in [1.29, 1.82) is 0 Å². The maximum atomic E-state index is 4.40. The van der Waals surface area contributed by atoms with Crippen molar-refractivity contribution in [3.8, 4) is 0 Å². The first-order valence-electron chi connectivity index (χ1n) is 6.76. The highest BCUT2D eigenvalue weighted by Crippen LogP contribution is 2.17. The average molecular weight is 278 g/mol. The fourth-order valence-corrected chi connectivity index (χ4v) is 2.38. The standard InChI is InChI=1S/C15H14N6/c1-10-4-15-17-7-11(9-21(15)20-10)6-16-13-2-3-14-12(5-13)8-18-19-14/h2-5,7-9,16H,6H2,1H3,(H,18,19). The quantitative estimate of drug-likeness (QED) is 0.604. The second-order valence-corrected chi connectivity index (χ2v) is 5.08. The fraction of sp³-hybridized carbons (Fsp3) is 0.133. The second kappa shape index (κ2) is 4.59. The highest BCUT2D eigenvalue weighted by Gasteiger charge is 2.02. The van der Waals surface area contributed by atoms with Crippen molar-refractivity contribution in [2.45, 2.75) is 13.5 Å². The number of rotatable bonds is 3. The molecule has 0 bridgehead atoms. The summed E-state index contributed by atoms with van der Waals surface area (Å²) < 4.78 is 1.81. The molecule has 0 amide bonds. The van der Waals surface area contributed by atoms with Gasteiger partial charge in [-0.2, -0.15) is 10.2 Å². The minimum Gasteiger partial charge on any atom is -0.381 e. The van der Waals surface area contributed by atoms with Crippen molar-refractivity contribution in [2.75, 3.05) is 5.32 Å². The molecule has 0 radical (unpaired) electrons. The molecule has 4 aromatic rings. The number of benzene rings is 1. The van der Waals surface area contributed by atoms with Crippen LogP contribution in [0, 0.1) is 6.92 Å². The first-order valence-corrected chi connectivity index (χ1v) is 6.76. The molecule has 0 unspecified atom stereocenters. The predicted octanol–water partition coefficient (Wildman–Crippen LogP) is 2.53. The lowest BCUT2D eigenvalue weighted by Crippen LogP contribution is -2.02. The molecule has 0 aliphatic heterocycles. The molecule has 6 heteroatoms. The monoisotopic (exact) mass is 278 g/mol. The summed E-state index contributed by atoms with van der Waals surface area (Å²) in [6.45, 7) is 2.66. The van der Waals surface area contributed by atoms with Crippen molar-refractivity contribution in [3.63, 3.8) is 0 Å². The van der Waals surface area contributed by atoms with Crippen LogP contribution in [0.2, 0.25) is 0 Å². The molecule has 104 valence electrons. The summed E-state index contributed by atoms with van der Waals surface area (Å²) in [6, 6.07) is 8.08. The van der Waals surface area contributed by atoms with E-state index < -0.39 is 0 Å². The maximum absolute atomic E-state index is 4.40. The number of H-pyrrole nitrogens is 1. The first kappa shape index (κ1) is 11.9. The SMILES string of the molecule is Cc1cc2ncc(CNc3ccc4[nH]ncc4c3)cn2n1. The van der Waals surface area contributed by atoms with E-state index in [0.29, 0.717) is 6.54 Å². The molecule has 2 N–H and O–H groups in total. The number of hydrogen-bond acceptors (Lipinski definition) is 4. The first-order chi connectivity index (χ1) is 10.3. The molecular weight excluding hydrogens is 264 g/mol. The van der Waals surface area contributed by atoms with Crippen LogP contribution in [0.5, 0.6) is 0 Å². The van der Waals surface area contributed by atoms with Crippen molar-refractivity contribution in [2.24, 2.45) is 0 Å². The number of anilines is 1. The Morgan fingerprint density at radius 3 is 3.14 bits per heavy atom. The lowest BCUT2D eigenvalue weighted by atomic mass is 10.2. The number of aromatic amines is 1. The zero-order valence-corrected chi connectivity index (χ0v) is 11.5. The minimum atomic E-state index is 0.700. The highest BCUT2D eigenvalue weighted by atomic mass is 15.2. The molecule has 0 spiro atoms. The van der Waals surface area contributed by atoms with E-state index in [0.717, 1.165) is 33.5 Å². The van der Waals surface area contributed by atoms with E-state index in [-0.39, 0.29) is 0 Å². The summed E-state index contributed by atoms with van der Waals surface area (Å²) in [4.78, 5) is 4.40. The largest absolute Gasteiger partial charge is 0.381 e. The molecule has 21 heavy (non-hydrogen) atoms. The van der Waals surface area contributed by atoms with E-state index in [2.05, 4.69) is 31.7 Å². The number of hydrogen-bond donors (Lipinski definition) is 2. The summed E-state index contributed by atoms with van der Waals surface area (Å²) in [7, 11) is 0. The molecule has 1 aromatic carbocycles. The van der Waals surface area contributed by atoms with Crippen LogP contribution in [0.4, 0.5) is 5.69 Å². The molecule has 3 aromatic heterocycles. The molecule has 3 heterocycles. The van der Waals surface area contributed by atoms with Crippen LogP contribution in [0.25, 0.3) is 16.6 Å². The van der Waals surface area contributed by atoms with Gasteiger partial charge >= 0.3 is 0 Å². The molecule has 4 rings (SSSR count). The van der Waals surface area contributed by atoms with Crippen LogP contribution >= 0.6 is 0 Å². The van der Waals surface area contributed by atoms with E-state index in [1.165, 1.54) is 0 Å². The van der Waals surface area contributed by atoms with Crippen molar-refractivity contribution < 1.29 is 0 Å². The normalized spacial score (nSPS) is 11.3. The molecule has 0 fully saturated rings. The summed E-state index contributed by atoms with van der Waals surface area (Å²) >= 11 is 0. The molecule has 0 atom stereocenters. The van der Waals surface area contributed by atoms with Gasteiger partial charge < -0.3 is 5.32 Å². The van der Waals surface area contributed by atoms with Gasteiger partial charge in [-0.3, -0.25) is 5.10 Å². The molecule has 0 saturated heterocycles. The van der Waals surface area contributed by atoms with Crippen LogP contribution < -0.4 is 5.32 Å². The van der Waals surface area contributed by atoms with Gasteiger partial charge in [0.15, 0.2) is 5.65 Å². The van der Waals surface area contributed by atoms with Gasteiger partial charge in [-0.25, -0.2) is 9.50 Å². The van der Waals surface area contributed by atoms with Gasteiger partial charge in [-0.1, -0.05) is 0 Å².